The molecule has 16 heavy (non-hydrogen) atoms. The van der Waals surface area contributed by atoms with Gasteiger partial charge in [-0.25, -0.2) is 0 Å². The molecule has 2 heteroatoms. The summed E-state index contributed by atoms with van der Waals surface area (Å²) in [7, 11) is 0. The van der Waals surface area contributed by atoms with E-state index in [0.29, 0.717) is 6.42 Å². The SMILES string of the molecule is CC(=O)Cc1ccc(N2CC=CCC2)cc1. The minimum atomic E-state index is 0.216. The molecule has 2 rings (SSSR count). The first kappa shape index (κ1) is 10.9. The standard InChI is InChI=1S/C14H17NO/c1-12(16)11-13-5-7-14(8-6-13)15-9-3-2-4-10-15/h2-3,5-8H,4,9-11H2,1H3. The Morgan fingerprint density at radius 2 is 2.00 bits per heavy atom. The molecule has 0 unspecified atom stereocenters. The van der Waals surface area contributed by atoms with Crippen LogP contribution in [0.3, 0.4) is 0 Å². The van der Waals surface area contributed by atoms with E-state index in [1.54, 1.807) is 6.92 Å². The largest absolute Gasteiger partial charge is 0.368 e. The molecule has 0 N–H and O–H groups in total. The van der Waals surface area contributed by atoms with E-state index in [9.17, 15) is 4.79 Å². The van der Waals surface area contributed by atoms with Gasteiger partial charge in [-0.2, -0.15) is 0 Å². The van der Waals surface area contributed by atoms with Gasteiger partial charge < -0.3 is 4.90 Å². The van der Waals surface area contributed by atoms with Gasteiger partial charge in [0.15, 0.2) is 0 Å². The highest BCUT2D eigenvalue weighted by atomic mass is 16.1. The summed E-state index contributed by atoms with van der Waals surface area (Å²) in [6.45, 7) is 3.71. The lowest BCUT2D eigenvalue weighted by Gasteiger charge is -2.25. The van der Waals surface area contributed by atoms with E-state index in [0.717, 1.165) is 25.1 Å². The number of anilines is 1. The first-order valence-electron chi connectivity index (χ1n) is 5.74. The fourth-order valence-corrected chi connectivity index (χ4v) is 1.99. The fourth-order valence-electron chi connectivity index (χ4n) is 1.99. The molecule has 1 aromatic carbocycles. The smallest absolute Gasteiger partial charge is 0.134 e. The van der Waals surface area contributed by atoms with Crippen molar-refractivity contribution in [3.8, 4) is 0 Å². The van der Waals surface area contributed by atoms with Gasteiger partial charge in [-0.05, 0) is 31.0 Å². The van der Waals surface area contributed by atoms with Crippen LogP contribution in [0.4, 0.5) is 5.69 Å². The average molecular weight is 215 g/mol. The van der Waals surface area contributed by atoms with Crippen LogP contribution < -0.4 is 4.90 Å². The average Bonchev–Trinajstić information content (AvgIpc) is 2.30. The van der Waals surface area contributed by atoms with Gasteiger partial charge in [-0.1, -0.05) is 24.3 Å². The van der Waals surface area contributed by atoms with Crippen LogP contribution in [-0.4, -0.2) is 18.9 Å². The van der Waals surface area contributed by atoms with Crippen molar-refractivity contribution in [1.29, 1.82) is 0 Å². The van der Waals surface area contributed by atoms with Gasteiger partial charge in [0.25, 0.3) is 0 Å². The lowest BCUT2D eigenvalue weighted by molar-refractivity contribution is -0.116. The summed E-state index contributed by atoms with van der Waals surface area (Å²) in [5.41, 5.74) is 2.35. The van der Waals surface area contributed by atoms with Gasteiger partial charge in [0.05, 0.1) is 0 Å². The molecule has 1 heterocycles. The fraction of sp³-hybridized carbons (Fsp3) is 0.357. The molecule has 0 spiro atoms. The highest BCUT2D eigenvalue weighted by molar-refractivity contribution is 5.78. The molecule has 0 saturated heterocycles. The van der Waals surface area contributed by atoms with E-state index in [4.69, 9.17) is 0 Å². The zero-order valence-electron chi connectivity index (χ0n) is 9.65. The van der Waals surface area contributed by atoms with Crippen LogP contribution in [0.25, 0.3) is 0 Å². The van der Waals surface area contributed by atoms with Crippen molar-refractivity contribution in [3.05, 3.63) is 42.0 Å². The molecule has 0 aromatic heterocycles. The van der Waals surface area contributed by atoms with Crippen molar-refractivity contribution in [3.63, 3.8) is 0 Å². The molecule has 0 aliphatic carbocycles. The van der Waals surface area contributed by atoms with Crippen LogP contribution in [0, 0.1) is 0 Å². The maximum Gasteiger partial charge on any atom is 0.134 e. The van der Waals surface area contributed by atoms with Gasteiger partial charge in [0, 0.05) is 25.2 Å². The number of Topliss-reactive ketones (excluding diaryl/α,β-unsaturated/α-hetero) is 1. The molecule has 1 aliphatic rings. The second-order valence-corrected chi connectivity index (χ2v) is 4.25. The third-order valence-electron chi connectivity index (χ3n) is 2.81. The third kappa shape index (κ3) is 2.72. The Balaban J connectivity index is 2.06. The van der Waals surface area contributed by atoms with Crippen LogP contribution in [0.1, 0.15) is 18.9 Å². The second-order valence-electron chi connectivity index (χ2n) is 4.25. The normalized spacial score (nSPS) is 15.2. The van der Waals surface area contributed by atoms with Crippen LogP contribution >= 0.6 is 0 Å². The summed E-state index contributed by atoms with van der Waals surface area (Å²) in [6, 6.07) is 8.32. The summed E-state index contributed by atoms with van der Waals surface area (Å²) in [5.74, 6) is 0.216. The van der Waals surface area contributed by atoms with Crippen LogP contribution in [0.15, 0.2) is 36.4 Å². The molecule has 0 atom stereocenters. The van der Waals surface area contributed by atoms with Crippen molar-refractivity contribution in [2.45, 2.75) is 19.8 Å². The number of hydrogen-bond donors (Lipinski definition) is 0. The lowest BCUT2D eigenvalue weighted by Crippen LogP contribution is -2.26. The molecule has 1 aromatic rings. The van der Waals surface area contributed by atoms with Gasteiger partial charge in [-0.15, -0.1) is 0 Å². The highest BCUT2D eigenvalue weighted by Gasteiger charge is 2.07. The quantitative estimate of drug-likeness (QED) is 0.722. The summed E-state index contributed by atoms with van der Waals surface area (Å²) in [5, 5.41) is 0. The van der Waals surface area contributed by atoms with Gasteiger partial charge in [-0.3, -0.25) is 4.79 Å². The first-order chi connectivity index (χ1) is 7.75. The summed E-state index contributed by atoms with van der Waals surface area (Å²) >= 11 is 0. The summed E-state index contributed by atoms with van der Waals surface area (Å²) in [6.07, 6.45) is 6.09. The van der Waals surface area contributed by atoms with E-state index < -0.39 is 0 Å². The zero-order valence-corrected chi connectivity index (χ0v) is 9.65. The number of carbonyl (C=O) groups is 1. The zero-order chi connectivity index (χ0) is 11.4. The molecule has 1 aliphatic heterocycles. The van der Waals surface area contributed by atoms with Crippen LogP contribution in [0.5, 0.6) is 0 Å². The monoisotopic (exact) mass is 215 g/mol. The van der Waals surface area contributed by atoms with E-state index >= 15 is 0 Å². The van der Waals surface area contributed by atoms with Crippen molar-refractivity contribution >= 4 is 11.5 Å². The molecule has 0 amide bonds. The Kier molecular flexibility index (Phi) is 3.40. The predicted molar refractivity (Wildman–Crippen MR) is 66.8 cm³/mol. The topological polar surface area (TPSA) is 20.3 Å². The predicted octanol–water partition coefficient (Wildman–Crippen LogP) is 2.58. The number of nitrogens with zero attached hydrogens (tertiary/aromatic N) is 1. The Labute approximate surface area is 96.6 Å². The molecule has 0 fully saturated rings. The van der Waals surface area contributed by atoms with Crippen LogP contribution in [-0.2, 0) is 11.2 Å². The molecule has 0 radical (unpaired) electrons. The molecule has 84 valence electrons. The first-order valence-corrected chi connectivity index (χ1v) is 5.74. The molecule has 0 bridgehead atoms. The van der Waals surface area contributed by atoms with E-state index in [-0.39, 0.29) is 5.78 Å². The van der Waals surface area contributed by atoms with Gasteiger partial charge in [0.1, 0.15) is 5.78 Å². The molecule has 2 nitrogen and oxygen atoms in total. The number of rotatable bonds is 3. The summed E-state index contributed by atoms with van der Waals surface area (Å²) < 4.78 is 0. The Hall–Kier alpha value is -1.57. The molecular weight excluding hydrogens is 198 g/mol. The maximum atomic E-state index is 11.0. The Morgan fingerprint density at radius 1 is 1.25 bits per heavy atom. The third-order valence-corrected chi connectivity index (χ3v) is 2.81. The number of ketones is 1. The van der Waals surface area contributed by atoms with E-state index in [1.807, 2.05) is 0 Å². The Bertz CT molecular complexity index is 392. The van der Waals surface area contributed by atoms with Crippen molar-refractivity contribution < 1.29 is 4.79 Å². The minimum Gasteiger partial charge on any atom is -0.368 e. The van der Waals surface area contributed by atoms with Crippen LogP contribution in [0.2, 0.25) is 0 Å². The van der Waals surface area contributed by atoms with Crippen molar-refractivity contribution in [1.82, 2.24) is 0 Å². The number of carbonyl (C=O) groups excluding carboxylic acids is 1. The summed E-state index contributed by atoms with van der Waals surface area (Å²) in [4.78, 5) is 13.3. The molecular formula is C14H17NO. The number of benzene rings is 1. The van der Waals surface area contributed by atoms with Crippen molar-refractivity contribution in [2.24, 2.45) is 0 Å². The lowest BCUT2D eigenvalue weighted by atomic mass is 10.1. The van der Waals surface area contributed by atoms with E-state index in [2.05, 4.69) is 41.3 Å². The highest BCUT2D eigenvalue weighted by Crippen LogP contribution is 2.17. The van der Waals surface area contributed by atoms with Gasteiger partial charge >= 0.3 is 0 Å². The Morgan fingerprint density at radius 3 is 2.56 bits per heavy atom. The molecule has 0 saturated carbocycles. The van der Waals surface area contributed by atoms with Crippen molar-refractivity contribution in [2.75, 3.05) is 18.0 Å². The number of hydrogen-bond acceptors (Lipinski definition) is 2. The second kappa shape index (κ2) is 4.97. The minimum absolute atomic E-state index is 0.216. The maximum absolute atomic E-state index is 11.0. The van der Waals surface area contributed by atoms with Gasteiger partial charge in [0.2, 0.25) is 0 Å². The van der Waals surface area contributed by atoms with E-state index in [1.165, 1.54) is 5.69 Å².